The molecule has 2 aliphatic heterocycles. The molecule has 0 bridgehead atoms. The van der Waals surface area contributed by atoms with Crippen LogP contribution in [0.15, 0.2) is 12.3 Å². The van der Waals surface area contributed by atoms with E-state index >= 15 is 0 Å². The van der Waals surface area contributed by atoms with E-state index in [-0.39, 0.29) is 11.8 Å². The average molecular weight is 320 g/mol. The molecular formula is C16H24N4O3. The van der Waals surface area contributed by atoms with Gasteiger partial charge in [0, 0.05) is 45.0 Å². The fraction of sp³-hybridized carbons (Fsp3) is 0.688. The number of carbonyl (C=O) groups is 2. The van der Waals surface area contributed by atoms with E-state index < -0.39 is 11.5 Å². The molecule has 0 aromatic carbocycles. The Morgan fingerprint density at radius 1 is 1.57 bits per heavy atom. The quantitative estimate of drug-likeness (QED) is 0.810. The number of hydrogen-bond donors (Lipinski definition) is 2. The number of nitrogens with one attached hydrogen (secondary N) is 1. The lowest BCUT2D eigenvalue weighted by molar-refractivity contribution is -0.154. The first-order chi connectivity index (χ1) is 11.0. The van der Waals surface area contributed by atoms with Gasteiger partial charge in [-0.25, -0.2) is 0 Å². The van der Waals surface area contributed by atoms with Gasteiger partial charge in [-0.05, 0) is 31.7 Å². The number of aliphatic hydroxyl groups excluding tert-OH is 1. The van der Waals surface area contributed by atoms with Crippen LogP contribution in [-0.4, -0.2) is 57.3 Å². The summed E-state index contributed by atoms with van der Waals surface area (Å²) in [6.45, 7) is 1.49. The highest BCUT2D eigenvalue weighted by Crippen LogP contribution is 2.37. The zero-order valence-electron chi connectivity index (χ0n) is 13.5. The predicted octanol–water partition coefficient (Wildman–Crippen LogP) is -0.158. The number of rotatable bonds is 3. The molecule has 1 aromatic heterocycles. The predicted molar refractivity (Wildman–Crippen MR) is 83.4 cm³/mol. The van der Waals surface area contributed by atoms with E-state index in [1.165, 1.54) is 0 Å². The van der Waals surface area contributed by atoms with Crippen LogP contribution < -0.4 is 5.32 Å². The summed E-state index contributed by atoms with van der Waals surface area (Å²) in [7, 11) is 1.86. The summed E-state index contributed by atoms with van der Waals surface area (Å²) in [5.41, 5.74) is 0.194. The Labute approximate surface area is 135 Å². The first kappa shape index (κ1) is 16.0. The largest absolute Gasteiger partial charge is 0.392 e. The molecule has 2 amide bonds. The summed E-state index contributed by atoms with van der Waals surface area (Å²) in [5, 5.41) is 17.3. The van der Waals surface area contributed by atoms with Gasteiger partial charge in [0.2, 0.25) is 11.8 Å². The van der Waals surface area contributed by atoms with Crippen molar-refractivity contribution in [2.45, 2.75) is 38.2 Å². The van der Waals surface area contributed by atoms with E-state index in [1.807, 2.05) is 13.1 Å². The van der Waals surface area contributed by atoms with Gasteiger partial charge in [-0.15, -0.1) is 0 Å². The molecule has 2 fully saturated rings. The Morgan fingerprint density at radius 2 is 2.39 bits per heavy atom. The van der Waals surface area contributed by atoms with Gasteiger partial charge in [0.15, 0.2) is 0 Å². The van der Waals surface area contributed by atoms with Gasteiger partial charge in [-0.1, -0.05) is 0 Å². The smallest absolute Gasteiger partial charge is 0.230 e. The fourth-order valence-electron chi connectivity index (χ4n) is 3.70. The minimum atomic E-state index is -0.821. The number of nitrogens with zero attached hydrogens (tertiary/aromatic N) is 3. The lowest BCUT2D eigenvalue weighted by Gasteiger charge is -2.46. The second kappa shape index (κ2) is 6.31. The number of hydrogen-bond acceptors (Lipinski definition) is 4. The van der Waals surface area contributed by atoms with E-state index in [0.717, 1.165) is 12.1 Å². The van der Waals surface area contributed by atoms with Crippen LogP contribution in [0.4, 0.5) is 0 Å². The molecule has 7 heteroatoms. The second-order valence-corrected chi connectivity index (χ2v) is 6.58. The van der Waals surface area contributed by atoms with Gasteiger partial charge in [-0.3, -0.25) is 14.3 Å². The lowest BCUT2D eigenvalue weighted by atomic mass is 9.71. The topological polar surface area (TPSA) is 87.5 Å². The van der Waals surface area contributed by atoms with Crippen molar-refractivity contribution in [3.8, 4) is 0 Å². The molecular weight excluding hydrogens is 296 g/mol. The Hall–Kier alpha value is -1.89. The minimum Gasteiger partial charge on any atom is -0.392 e. The summed E-state index contributed by atoms with van der Waals surface area (Å²) in [4.78, 5) is 26.6. The number of aliphatic hydroxyl groups is 1. The van der Waals surface area contributed by atoms with Gasteiger partial charge in [-0.2, -0.15) is 5.10 Å². The Kier molecular flexibility index (Phi) is 4.39. The van der Waals surface area contributed by atoms with Gasteiger partial charge >= 0.3 is 0 Å². The number of piperidine rings is 2. The Bertz CT molecular complexity index is 600. The molecule has 2 N–H and O–H groups in total. The van der Waals surface area contributed by atoms with Crippen LogP contribution in [0.3, 0.4) is 0 Å². The van der Waals surface area contributed by atoms with Crippen molar-refractivity contribution in [1.82, 2.24) is 20.0 Å². The highest BCUT2D eigenvalue weighted by Gasteiger charge is 2.50. The lowest BCUT2D eigenvalue weighted by Crippen LogP contribution is -2.62. The molecule has 23 heavy (non-hydrogen) atoms. The summed E-state index contributed by atoms with van der Waals surface area (Å²) < 4.78 is 1.77. The number of amides is 2. The third kappa shape index (κ3) is 2.97. The number of aryl methyl sites for hydroxylation is 2. The molecule has 7 nitrogen and oxygen atoms in total. The summed E-state index contributed by atoms with van der Waals surface area (Å²) in [6, 6.07) is 1.91. The van der Waals surface area contributed by atoms with Crippen LogP contribution in [0.5, 0.6) is 0 Å². The van der Waals surface area contributed by atoms with Crippen LogP contribution >= 0.6 is 0 Å². The summed E-state index contributed by atoms with van der Waals surface area (Å²) >= 11 is 0. The summed E-state index contributed by atoms with van der Waals surface area (Å²) in [5.74, 6) is -0.0729. The molecule has 126 valence electrons. The van der Waals surface area contributed by atoms with Crippen molar-refractivity contribution in [3.63, 3.8) is 0 Å². The van der Waals surface area contributed by atoms with Crippen molar-refractivity contribution >= 4 is 11.8 Å². The molecule has 2 atom stereocenters. The van der Waals surface area contributed by atoms with Crippen LogP contribution in [-0.2, 0) is 23.1 Å². The average Bonchev–Trinajstić information content (AvgIpc) is 2.95. The number of carbonyl (C=O) groups excluding carboxylic acids is 2. The second-order valence-electron chi connectivity index (χ2n) is 6.58. The van der Waals surface area contributed by atoms with E-state index in [9.17, 15) is 14.7 Å². The minimum absolute atomic E-state index is 0.0378. The standard InChI is InChI=1S/C16H24N4O3/c1-19-12(5-9-18-19)3-4-14(22)20-10-6-13(21)16(11-20)7-2-8-17-15(16)23/h5,9,13,21H,2-4,6-8,10-11H2,1H3,(H,17,23)/t13-,16-/m1/s1. The first-order valence-corrected chi connectivity index (χ1v) is 8.24. The number of likely N-dealkylation sites (tertiary alicyclic amines) is 1. The first-order valence-electron chi connectivity index (χ1n) is 8.24. The molecule has 0 saturated carbocycles. The van der Waals surface area contributed by atoms with Crippen LogP contribution in [0, 0.1) is 5.41 Å². The van der Waals surface area contributed by atoms with E-state index in [1.54, 1.807) is 15.8 Å². The molecule has 3 rings (SSSR count). The van der Waals surface area contributed by atoms with Gasteiger partial charge in [0.05, 0.1) is 11.5 Å². The van der Waals surface area contributed by atoms with Gasteiger partial charge < -0.3 is 15.3 Å². The van der Waals surface area contributed by atoms with E-state index in [0.29, 0.717) is 45.3 Å². The molecule has 0 aliphatic carbocycles. The van der Waals surface area contributed by atoms with Crippen molar-refractivity contribution in [2.24, 2.45) is 12.5 Å². The molecule has 2 aliphatic rings. The summed E-state index contributed by atoms with van der Waals surface area (Å²) in [6.07, 6.45) is 4.04. The zero-order chi connectivity index (χ0) is 16.4. The Morgan fingerprint density at radius 3 is 3.09 bits per heavy atom. The molecule has 1 spiro atoms. The molecule has 0 unspecified atom stereocenters. The van der Waals surface area contributed by atoms with Crippen molar-refractivity contribution in [2.75, 3.05) is 19.6 Å². The van der Waals surface area contributed by atoms with Crippen molar-refractivity contribution in [3.05, 3.63) is 18.0 Å². The van der Waals surface area contributed by atoms with Crippen LogP contribution in [0.25, 0.3) is 0 Å². The zero-order valence-corrected chi connectivity index (χ0v) is 13.5. The van der Waals surface area contributed by atoms with Gasteiger partial charge in [0.1, 0.15) is 0 Å². The third-order valence-corrected chi connectivity index (χ3v) is 5.19. The molecule has 2 saturated heterocycles. The van der Waals surface area contributed by atoms with Crippen LogP contribution in [0.1, 0.15) is 31.4 Å². The SMILES string of the molecule is Cn1nccc1CCC(=O)N1CC[C@@H](O)[C@@]2(CCCNC2=O)C1. The normalized spacial score (nSPS) is 28.0. The van der Waals surface area contributed by atoms with Crippen molar-refractivity contribution < 1.29 is 14.7 Å². The highest BCUT2D eigenvalue weighted by atomic mass is 16.3. The van der Waals surface area contributed by atoms with Crippen molar-refractivity contribution in [1.29, 1.82) is 0 Å². The number of aromatic nitrogens is 2. The molecule has 1 aromatic rings. The van der Waals surface area contributed by atoms with Crippen LogP contribution in [0.2, 0.25) is 0 Å². The molecule has 0 radical (unpaired) electrons. The molecule has 3 heterocycles. The van der Waals surface area contributed by atoms with E-state index in [4.69, 9.17) is 0 Å². The maximum Gasteiger partial charge on any atom is 0.230 e. The maximum atomic E-state index is 12.5. The fourth-order valence-corrected chi connectivity index (χ4v) is 3.70. The van der Waals surface area contributed by atoms with E-state index in [2.05, 4.69) is 10.4 Å². The third-order valence-electron chi connectivity index (χ3n) is 5.19. The Balaban J connectivity index is 1.65. The monoisotopic (exact) mass is 320 g/mol. The maximum absolute atomic E-state index is 12.5. The van der Waals surface area contributed by atoms with Gasteiger partial charge in [0.25, 0.3) is 0 Å². The highest BCUT2D eigenvalue weighted by molar-refractivity contribution is 5.86.